The van der Waals surface area contributed by atoms with Crippen LogP contribution in [0, 0.1) is 0 Å². The maximum Gasteiger partial charge on any atom is 0.289 e. The third kappa shape index (κ3) is 3.71. The van der Waals surface area contributed by atoms with Gasteiger partial charge in [0, 0.05) is 38.3 Å². The largest absolute Gasteiger partial charge is 0.459 e. The molecule has 0 saturated carbocycles. The van der Waals surface area contributed by atoms with Crippen LogP contribution in [-0.2, 0) is 10.8 Å². The molecule has 2 aromatic carbocycles. The van der Waals surface area contributed by atoms with Crippen molar-refractivity contribution in [2.75, 3.05) is 37.6 Å². The van der Waals surface area contributed by atoms with Crippen molar-refractivity contribution < 1.29 is 23.0 Å². The van der Waals surface area contributed by atoms with Crippen LogP contribution in [0.4, 0.5) is 5.69 Å². The predicted octanol–water partition coefficient (Wildman–Crippen LogP) is 3.02. The molecule has 0 radical (unpaired) electrons. The van der Waals surface area contributed by atoms with Crippen molar-refractivity contribution in [2.45, 2.75) is 16.7 Å². The molecule has 2 aliphatic heterocycles. The first-order chi connectivity index (χ1) is 16.5. The van der Waals surface area contributed by atoms with Gasteiger partial charge in [-0.05, 0) is 49.4 Å². The average Bonchev–Trinajstić information content (AvgIpc) is 3.40. The highest BCUT2D eigenvalue weighted by atomic mass is 32.2. The van der Waals surface area contributed by atoms with E-state index < -0.39 is 10.8 Å². The molecular formula is C25H23N3O5S. The van der Waals surface area contributed by atoms with E-state index in [1.807, 2.05) is 6.92 Å². The van der Waals surface area contributed by atoms with Crippen LogP contribution < -0.4 is 4.90 Å². The van der Waals surface area contributed by atoms with Crippen molar-refractivity contribution in [3.63, 3.8) is 0 Å². The van der Waals surface area contributed by atoms with Crippen LogP contribution in [0.25, 0.3) is 0 Å². The minimum absolute atomic E-state index is 0.191. The number of carbonyl (C=O) groups excluding carboxylic acids is 3. The Labute approximate surface area is 199 Å². The fraction of sp³-hybridized carbons (Fsp3) is 0.240. The summed E-state index contributed by atoms with van der Waals surface area (Å²) >= 11 is 0. The number of rotatable bonds is 3. The molecule has 5 rings (SSSR count). The van der Waals surface area contributed by atoms with Crippen LogP contribution >= 0.6 is 0 Å². The minimum Gasteiger partial charge on any atom is -0.459 e. The standard InChI is InChI=1S/C25H23N3O5S/c1-2-28-19-16-17(9-10-22(19)34(32)21-8-4-3-6-18(21)24(28)30)23(29)26-11-13-27(14-12-26)25(31)20-7-5-15-33-20/h3-10,15-16H,2,11-14H2,1H3/t34-/m1/s1. The second-order valence-corrected chi connectivity index (χ2v) is 9.48. The summed E-state index contributed by atoms with van der Waals surface area (Å²) < 4.78 is 18.5. The molecule has 9 heteroatoms. The normalized spacial score (nSPS) is 17.7. The van der Waals surface area contributed by atoms with Crippen LogP contribution in [0.3, 0.4) is 0 Å². The first-order valence-electron chi connectivity index (χ1n) is 11.1. The van der Waals surface area contributed by atoms with E-state index in [4.69, 9.17) is 4.42 Å². The summed E-state index contributed by atoms with van der Waals surface area (Å²) in [5.74, 6) is -0.339. The predicted molar refractivity (Wildman–Crippen MR) is 125 cm³/mol. The molecule has 0 spiro atoms. The van der Waals surface area contributed by atoms with Gasteiger partial charge >= 0.3 is 0 Å². The van der Waals surface area contributed by atoms with Gasteiger partial charge in [0.1, 0.15) is 0 Å². The fourth-order valence-corrected chi connectivity index (χ4v) is 5.71. The van der Waals surface area contributed by atoms with Crippen molar-refractivity contribution in [3.8, 4) is 0 Å². The van der Waals surface area contributed by atoms with Crippen LogP contribution in [-0.4, -0.2) is 64.5 Å². The third-order valence-electron chi connectivity index (χ3n) is 6.16. The van der Waals surface area contributed by atoms with Gasteiger partial charge in [-0.15, -0.1) is 0 Å². The summed E-state index contributed by atoms with van der Waals surface area (Å²) in [6, 6.07) is 15.2. The number of piperazine rings is 1. The van der Waals surface area contributed by atoms with Crippen LogP contribution in [0.2, 0.25) is 0 Å². The molecular weight excluding hydrogens is 454 g/mol. The molecule has 3 aromatic rings. The Kier molecular flexibility index (Phi) is 5.79. The van der Waals surface area contributed by atoms with E-state index in [2.05, 4.69) is 0 Å². The summed E-state index contributed by atoms with van der Waals surface area (Å²) in [4.78, 5) is 44.9. The molecule has 0 bridgehead atoms. The lowest BCUT2D eigenvalue weighted by molar-refractivity contribution is 0.0518. The summed E-state index contributed by atoms with van der Waals surface area (Å²) in [5, 5.41) is 0. The molecule has 3 heterocycles. The van der Waals surface area contributed by atoms with Crippen molar-refractivity contribution in [3.05, 3.63) is 77.7 Å². The molecule has 8 nitrogen and oxygen atoms in total. The van der Waals surface area contributed by atoms with Gasteiger partial charge in [-0.2, -0.15) is 0 Å². The first-order valence-corrected chi connectivity index (χ1v) is 12.2. The highest BCUT2D eigenvalue weighted by Crippen LogP contribution is 2.35. The van der Waals surface area contributed by atoms with E-state index in [1.54, 1.807) is 69.3 Å². The van der Waals surface area contributed by atoms with Gasteiger partial charge in [-0.3, -0.25) is 14.4 Å². The Morgan fingerprint density at radius 1 is 0.912 bits per heavy atom. The van der Waals surface area contributed by atoms with Gasteiger partial charge in [0.25, 0.3) is 17.7 Å². The van der Waals surface area contributed by atoms with Crippen molar-refractivity contribution in [1.29, 1.82) is 0 Å². The summed E-state index contributed by atoms with van der Waals surface area (Å²) in [5.41, 5.74) is 1.31. The second kappa shape index (κ2) is 8.90. The Bertz CT molecular complexity index is 1300. The van der Waals surface area contributed by atoms with Gasteiger partial charge in [-0.25, -0.2) is 4.21 Å². The quantitative estimate of drug-likeness (QED) is 0.578. The lowest BCUT2D eigenvalue weighted by Crippen LogP contribution is -2.50. The molecule has 3 amide bonds. The topological polar surface area (TPSA) is 91.1 Å². The number of anilines is 1. The molecule has 174 valence electrons. The van der Waals surface area contributed by atoms with E-state index >= 15 is 0 Å². The number of hydrogen-bond acceptors (Lipinski definition) is 5. The maximum absolute atomic E-state index is 13.3. The number of nitrogens with zero attached hydrogens (tertiary/aromatic N) is 3. The highest BCUT2D eigenvalue weighted by molar-refractivity contribution is 7.85. The number of hydrogen-bond donors (Lipinski definition) is 0. The number of fused-ring (bicyclic) bond motifs is 2. The molecule has 0 N–H and O–H groups in total. The van der Waals surface area contributed by atoms with E-state index in [0.29, 0.717) is 59.3 Å². The molecule has 2 aliphatic rings. The van der Waals surface area contributed by atoms with E-state index in [9.17, 15) is 18.6 Å². The van der Waals surface area contributed by atoms with E-state index in [0.717, 1.165) is 0 Å². The molecule has 1 atom stereocenters. The molecule has 1 fully saturated rings. The molecule has 0 unspecified atom stereocenters. The SMILES string of the molecule is CCN1C(=O)c2ccccc2[S@@](=O)c2ccc(C(=O)N3CCN(C(=O)c4ccco4)CC3)cc21. The summed E-state index contributed by atoms with van der Waals surface area (Å²) in [6.45, 7) is 3.79. The van der Waals surface area contributed by atoms with Crippen LogP contribution in [0.1, 0.15) is 38.2 Å². The lowest BCUT2D eigenvalue weighted by Gasteiger charge is -2.34. The van der Waals surface area contributed by atoms with Crippen molar-refractivity contribution >= 4 is 34.2 Å². The summed E-state index contributed by atoms with van der Waals surface area (Å²) in [7, 11) is -1.54. The Morgan fingerprint density at radius 3 is 2.29 bits per heavy atom. The Balaban J connectivity index is 1.39. The van der Waals surface area contributed by atoms with Gasteiger partial charge in [0.2, 0.25) is 0 Å². The Morgan fingerprint density at radius 2 is 1.62 bits per heavy atom. The highest BCUT2D eigenvalue weighted by Gasteiger charge is 2.32. The second-order valence-electron chi connectivity index (χ2n) is 8.06. The third-order valence-corrected chi connectivity index (χ3v) is 7.66. The number of amides is 3. The van der Waals surface area contributed by atoms with Crippen molar-refractivity contribution in [1.82, 2.24) is 9.80 Å². The van der Waals surface area contributed by atoms with Crippen LogP contribution in [0.15, 0.2) is 75.1 Å². The fourth-order valence-electron chi connectivity index (χ4n) is 4.36. The number of carbonyl (C=O) groups is 3. The number of benzene rings is 2. The average molecular weight is 478 g/mol. The maximum atomic E-state index is 13.3. The van der Waals surface area contributed by atoms with Gasteiger partial charge < -0.3 is 19.1 Å². The summed E-state index contributed by atoms with van der Waals surface area (Å²) in [6.07, 6.45) is 1.46. The smallest absolute Gasteiger partial charge is 0.289 e. The van der Waals surface area contributed by atoms with E-state index in [1.165, 1.54) is 6.26 Å². The monoisotopic (exact) mass is 477 g/mol. The zero-order valence-electron chi connectivity index (χ0n) is 18.6. The van der Waals surface area contributed by atoms with Crippen molar-refractivity contribution in [2.24, 2.45) is 0 Å². The van der Waals surface area contributed by atoms with Crippen LogP contribution in [0.5, 0.6) is 0 Å². The molecule has 1 saturated heterocycles. The van der Waals surface area contributed by atoms with E-state index in [-0.39, 0.29) is 23.5 Å². The van der Waals surface area contributed by atoms with Gasteiger partial charge in [0.05, 0.1) is 38.1 Å². The van der Waals surface area contributed by atoms with Gasteiger partial charge in [-0.1, -0.05) is 12.1 Å². The molecule has 0 aliphatic carbocycles. The zero-order chi connectivity index (χ0) is 23.8. The Hall–Kier alpha value is -3.72. The zero-order valence-corrected chi connectivity index (χ0v) is 19.4. The minimum atomic E-state index is -1.54. The van der Waals surface area contributed by atoms with Gasteiger partial charge in [0.15, 0.2) is 5.76 Å². The molecule has 34 heavy (non-hydrogen) atoms. The first kappa shape index (κ1) is 22.1. The lowest BCUT2D eigenvalue weighted by atomic mass is 10.1. The molecule has 1 aromatic heterocycles. The number of furan rings is 1.